The summed E-state index contributed by atoms with van der Waals surface area (Å²) < 4.78 is 0. The van der Waals surface area contributed by atoms with E-state index in [-0.39, 0.29) is 17.4 Å². The minimum Gasteiger partial charge on any atom is -0.354 e. The molecular weight excluding hydrogens is 260 g/mol. The second-order valence-corrected chi connectivity index (χ2v) is 6.82. The van der Waals surface area contributed by atoms with Crippen LogP contribution in [0, 0.1) is 5.92 Å². The molecule has 0 aromatic heterocycles. The van der Waals surface area contributed by atoms with Crippen LogP contribution < -0.4 is 5.32 Å². The lowest BCUT2D eigenvalue weighted by Crippen LogP contribution is -2.51. The van der Waals surface area contributed by atoms with E-state index >= 15 is 0 Å². The standard InChI is InChI=1S/C18H28N2O/c1-15(13-16-9-5-4-6-10-16)17(21)19-14-18(2,3)20-11-7-8-12-20/h4-6,9-10,15H,7-8,11-14H2,1-3H3,(H,19,21). The van der Waals surface area contributed by atoms with E-state index < -0.39 is 0 Å². The summed E-state index contributed by atoms with van der Waals surface area (Å²) >= 11 is 0. The number of likely N-dealkylation sites (tertiary alicyclic amines) is 1. The maximum absolute atomic E-state index is 12.3. The van der Waals surface area contributed by atoms with E-state index in [4.69, 9.17) is 0 Å². The molecule has 1 atom stereocenters. The van der Waals surface area contributed by atoms with Crippen LogP contribution in [0.15, 0.2) is 30.3 Å². The summed E-state index contributed by atoms with van der Waals surface area (Å²) in [7, 11) is 0. The molecule has 1 aliphatic rings. The summed E-state index contributed by atoms with van der Waals surface area (Å²) in [6, 6.07) is 10.2. The molecule has 3 nitrogen and oxygen atoms in total. The van der Waals surface area contributed by atoms with Gasteiger partial charge in [-0.1, -0.05) is 37.3 Å². The van der Waals surface area contributed by atoms with Crippen molar-refractivity contribution in [1.29, 1.82) is 0 Å². The van der Waals surface area contributed by atoms with Crippen molar-refractivity contribution in [3.05, 3.63) is 35.9 Å². The predicted octanol–water partition coefficient (Wildman–Crippen LogP) is 2.86. The zero-order valence-electron chi connectivity index (χ0n) is 13.6. The molecule has 3 heteroatoms. The van der Waals surface area contributed by atoms with Gasteiger partial charge in [-0.2, -0.15) is 0 Å². The van der Waals surface area contributed by atoms with Crippen molar-refractivity contribution in [2.24, 2.45) is 5.92 Å². The van der Waals surface area contributed by atoms with Crippen LogP contribution in [0.3, 0.4) is 0 Å². The van der Waals surface area contributed by atoms with E-state index in [9.17, 15) is 4.79 Å². The minimum absolute atomic E-state index is 0.0155. The fourth-order valence-corrected chi connectivity index (χ4v) is 2.97. The molecule has 1 unspecified atom stereocenters. The van der Waals surface area contributed by atoms with E-state index in [1.165, 1.54) is 18.4 Å². The average molecular weight is 288 g/mol. The summed E-state index contributed by atoms with van der Waals surface area (Å²) in [4.78, 5) is 14.8. The molecule has 1 fully saturated rings. The summed E-state index contributed by atoms with van der Waals surface area (Å²) in [5.74, 6) is 0.174. The summed E-state index contributed by atoms with van der Waals surface area (Å²) in [5, 5.41) is 3.14. The quantitative estimate of drug-likeness (QED) is 0.873. The van der Waals surface area contributed by atoms with Gasteiger partial charge in [0.25, 0.3) is 0 Å². The first kappa shape index (κ1) is 16.0. The molecule has 1 heterocycles. The van der Waals surface area contributed by atoms with Crippen LogP contribution in [0.2, 0.25) is 0 Å². The van der Waals surface area contributed by atoms with Crippen molar-refractivity contribution in [2.75, 3.05) is 19.6 Å². The van der Waals surface area contributed by atoms with Gasteiger partial charge in [0.1, 0.15) is 0 Å². The third kappa shape index (κ3) is 4.57. The molecular formula is C18H28N2O. The molecule has 1 aliphatic heterocycles. The van der Waals surface area contributed by atoms with Crippen LogP contribution in [0.25, 0.3) is 0 Å². The highest BCUT2D eigenvalue weighted by atomic mass is 16.1. The highest BCUT2D eigenvalue weighted by molar-refractivity contribution is 5.78. The van der Waals surface area contributed by atoms with Crippen molar-refractivity contribution >= 4 is 5.91 Å². The van der Waals surface area contributed by atoms with Crippen molar-refractivity contribution < 1.29 is 4.79 Å². The summed E-state index contributed by atoms with van der Waals surface area (Å²) in [6.45, 7) is 9.49. The third-order valence-electron chi connectivity index (χ3n) is 4.49. The molecule has 1 saturated heterocycles. The smallest absolute Gasteiger partial charge is 0.223 e. The zero-order chi connectivity index (χ0) is 15.3. The van der Waals surface area contributed by atoms with Crippen molar-refractivity contribution in [2.45, 2.75) is 45.6 Å². The summed E-state index contributed by atoms with van der Waals surface area (Å²) in [6.07, 6.45) is 3.36. The molecule has 0 bridgehead atoms. The van der Waals surface area contributed by atoms with Crippen LogP contribution in [0.4, 0.5) is 0 Å². The van der Waals surface area contributed by atoms with E-state index in [0.29, 0.717) is 0 Å². The molecule has 1 aromatic carbocycles. The fourth-order valence-electron chi connectivity index (χ4n) is 2.97. The first-order valence-electron chi connectivity index (χ1n) is 8.06. The van der Waals surface area contributed by atoms with Crippen LogP contribution in [0.5, 0.6) is 0 Å². The van der Waals surface area contributed by atoms with Gasteiger partial charge in [0.15, 0.2) is 0 Å². The number of carbonyl (C=O) groups excluding carboxylic acids is 1. The van der Waals surface area contributed by atoms with Crippen molar-refractivity contribution in [3.8, 4) is 0 Å². The number of nitrogens with one attached hydrogen (secondary N) is 1. The van der Waals surface area contributed by atoms with Gasteiger partial charge in [-0.05, 0) is 51.8 Å². The van der Waals surface area contributed by atoms with E-state index in [2.05, 4.69) is 36.2 Å². The first-order chi connectivity index (χ1) is 9.99. The number of amides is 1. The van der Waals surface area contributed by atoms with Gasteiger partial charge in [-0.3, -0.25) is 9.69 Å². The van der Waals surface area contributed by atoms with Crippen molar-refractivity contribution in [1.82, 2.24) is 10.2 Å². The Morgan fingerprint density at radius 2 is 1.86 bits per heavy atom. The van der Waals surface area contributed by atoms with Gasteiger partial charge in [0.05, 0.1) is 0 Å². The highest BCUT2D eigenvalue weighted by Gasteiger charge is 2.29. The van der Waals surface area contributed by atoms with Gasteiger partial charge in [0, 0.05) is 18.0 Å². The molecule has 116 valence electrons. The molecule has 1 amide bonds. The SMILES string of the molecule is CC(Cc1ccccc1)C(=O)NCC(C)(C)N1CCCC1. The van der Waals surface area contributed by atoms with Gasteiger partial charge in [0.2, 0.25) is 5.91 Å². The highest BCUT2D eigenvalue weighted by Crippen LogP contribution is 2.20. The maximum Gasteiger partial charge on any atom is 0.223 e. The number of rotatable bonds is 6. The van der Waals surface area contributed by atoms with Gasteiger partial charge >= 0.3 is 0 Å². The lowest BCUT2D eigenvalue weighted by Gasteiger charge is -2.35. The number of hydrogen-bond donors (Lipinski definition) is 1. The van der Waals surface area contributed by atoms with Crippen LogP contribution >= 0.6 is 0 Å². The fraction of sp³-hybridized carbons (Fsp3) is 0.611. The molecule has 0 spiro atoms. The maximum atomic E-state index is 12.3. The van der Waals surface area contributed by atoms with E-state index in [1.807, 2.05) is 25.1 Å². The third-order valence-corrected chi connectivity index (χ3v) is 4.49. The zero-order valence-corrected chi connectivity index (χ0v) is 13.6. The number of carbonyl (C=O) groups is 1. The molecule has 0 aliphatic carbocycles. The molecule has 21 heavy (non-hydrogen) atoms. The average Bonchev–Trinajstić information content (AvgIpc) is 3.01. The molecule has 0 saturated carbocycles. The van der Waals surface area contributed by atoms with E-state index in [1.54, 1.807) is 0 Å². The normalized spacial score (nSPS) is 17.7. The van der Waals surface area contributed by atoms with Gasteiger partial charge < -0.3 is 5.32 Å². The van der Waals surface area contributed by atoms with Crippen LogP contribution in [0.1, 0.15) is 39.2 Å². The topological polar surface area (TPSA) is 32.3 Å². The second-order valence-electron chi connectivity index (χ2n) is 6.82. The van der Waals surface area contributed by atoms with Crippen LogP contribution in [-0.4, -0.2) is 36.0 Å². The van der Waals surface area contributed by atoms with Gasteiger partial charge in [-0.15, -0.1) is 0 Å². The number of hydrogen-bond acceptors (Lipinski definition) is 2. The van der Waals surface area contributed by atoms with E-state index in [0.717, 1.165) is 26.1 Å². The van der Waals surface area contributed by atoms with Crippen LogP contribution in [-0.2, 0) is 11.2 Å². The molecule has 0 radical (unpaired) electrons. The lowest BCUT2D eigenvalue weighted by molar-refractivity contribution is -0.125. The Bertz CT molecular complexity index is 450. The molecule has 1 aromatic rings. The Hall–Kier alpha value is -1.35. The Morgan fingerprint density at radius 3 is 2.48 bits per heavy atom. The number of nitrogens with zero attached hydrogens (tertiary/aromatic N) is 1. The largest absolute Gasteiger partial charge is 0.354 e. The minimum atomic E-state index is 0.0155. The Kier molecular flexibility index (Phi) is 5.40. The Balaban J connectivity index is 1.80. The molecule has 1 N–H and O–H groups in total. The monoisotopic (exact) mass is 288 g/mol. The first-order valence-corrected chi connectivity index (χ1v) is 8.06. The molecule has 2 rings (SSSR count). The van der Waals surface area contributed by atoms with Crippen molar-refractivity contribution in [3.63, 3.8) is 0 Å². The lowest BCUT2D eigenvalue weighted by atomic mass is 9.99. The predicted molar refractivity (Wildman–Crippen MR) is 87.2 cm³/mol. The van der Waals surface area contributed by atoms with Gasteiger partial charge in [-0.25, -0.2) is 0 Å². The summed E-state index contributed by atoms with van der Waals surface area (Å²) in [5.41, 5.74) is 1.28. The Labute approximate surface area is 128 Å². The second kappa shape index (κ2) is 7.08. The number of benzene rings is 1. The Morgan fingerprint density at radius 1 is 1.24 bits per heavy atom.